The number of aliphatic carboxylic acids is 1. The Bertz CT molecular complexity index is 354. The van der Waals surface area contributed by atoms with Crippen LogP contribution in [-0.2, 0) is 14.3 Å². The van der Waals surface area contributed by atoms with Gasteiger partial charge in [0.1, 0.15) is 5.54 Å². The molecular formula is C15H28N2O4. The minimum absolute atomic E-state index is 0.0819. The van der Waals surface area contributed by atoms with Crippen LogP contribution in [0.15, 0.2) is 0 Å². The van der Waals surface area contributed by atoms with Crippen LogP contribution in [0.1, 0.15) is 32.6 Å². The van der Waals surface area contributed by atoms with E-state index in [1.807, 2.05) is 0 Å². The fourth-order valence-corrected chi connectivity index (χ4v) is 3.65. The van der Waals surface area contributed by atoms with E-state index in [0.29, 0.717) is 18.9 Å². The molecule has 1 saturated heterocycles. The van der Waals surface area contributed by atoms with Crippen molar-refractivity contribution in [3.05, 3.63) is 0 Å². The molecule has 122 valence electrons. The molecule has 1 aliphatic carbocycles. The maximum absolute atomic E-state index is 11.7. The number of carboxylic acid groups (broad SMARTS) is 1. The number of carboxylic acids is 1. The quantitative estimate of drug-likeness (QED) is 0.721. The maximum atomic E-state index is 11.7. The predicted octanol–water partition coefficient (Wildman–Crippen LogP) is 0.708. The third-order valence-electron chi connectivity index (χ3n) is 4.98. The van der Waals surface area contributed by atoms with Crippen LogP contribution in [0.2, 0.25) is 0 Å². The van der Waals surface area contributed by atoms with E-state index in [1.54, 1.807) is 14.2 Å². The monoisotopic (exact) mass is 300 g/mol. The van der Waals surface area contributed by atoms with E-state index in [9.17, 15) is 9.90 Å². The number of hydrogen-bond donors (Lipinski definition) is 2. The van der Waals surface area contributed by atoms with Crippen molar-refractivity contribution in [2.45, 2.75) is 56.4 Å². The normalized spacial score (nSPS) is 37.2. The molecule has 2 fully saturated rings. The van der Waals surface area contributed by atoms with Crippen molar-refractivity contribution in [2.75, 3.05) is 33.9 Å². The molecule has 0 radical (unpaired) electrons. The minimum atomic E-state index is -0.756. The molecule has 2 aliphatic rings. The Labute approximate surface area is 126 Å². The lowest BCUT2D eigenvalue weighted by atomic mass is 9.97. The molecule has 0 aromatic carbocycles. The first-order valence-electron chi connectivity index (χ1n) is 7.84. The molecule has 6 heteroatoms. The highest BCUT2D eigenvalue weighted by Gasteiger charge is 2.48. The van der Waals surface area contributed by atoms with Gasteiger partial charge in [0.25, 0.3) is 0 Å². The molecule has 0 amide bonds. The van der Waals surface area contributed by atoms with Gasteiger partial charge in [0.2, 0.25) is 0 Å². The molecule has 2 N–H and O–H groups in total. The highest BCUT2D eigenvalue weighted by atomic mass is 16.5. The molecule has 1 saturated carbocycles. The van der Waals surface area contributed by atoms with Crippen LogP contribution in [0, 0.1) is 0 Å². The first-order chi connectivity index (χ1) is 10.1. The Hall–Kier alpha value is -0.690. The van der Waals surface area contributed by atoms with Gasteiger partial charge in [0.05, 0.1) is 12.2 Å². The topological polar surface area (TPSA) is 71.0 Å². The van der Waals surface area contributed by atoms with Gasteiger partial charge in [-0.1, -0.05) is 6.92 Å². The van der Waals surface area contributed by atoms with Crippen molar-refractivity contribution in [2.24, 2.45) is 0 Å². The lowest BCUT2D eigenvalue weighted by molar-refractivity contribution is -0.144. The lowest BCUT2D eigenvalue weighted by Crippen LogP contribution is -2.51. The van der Waals surface area contributed by atoms with Crippen molar-refractivity contribution < 1.29 is 19.4 Å². The molecule has 0 aromatic heterocycles. The summed E-state index contributed by atoms with van der Waals surface area (Å²) in [6, 6.07) is 0.295. The molecule has 6 nitrogen and oxygen atoms in total. The van der Waals surface area contributed by atoms with Gasteiger partial charge in [-0.05, 0) is 32.2 Å². The Morgan fingerprint density at radius 2 is 1.95 bits per heavy atom. The largest absolute Gasteiger partial charge is 0.480 e. The van der Waals surface area contributed by atoms with Gasteiger partial charge < -0.3 is 19.9 Å². The summed E-state index contributed by atoms with van der Waals surface area (Å²) in [5, 5.41) is 12.9. The molecule has 1 heterocycles. The van der Waals surface area contributed by atoms with Crippen molar-refractivity contribution in [1.29, 1.82) is 0 Å². The highest BCUT2D eigenvalue weighted by Crippen LogP contribution is 2.35. The molecule has 1 aliphatic heterocycles. The maximum Gasteiger partial charge on any atom is 0.323 e. The predicted molar refractivity (Wildman–Crippen MR) is 79.5 cm³/mol. The molecule has 4 atom stereocenters. The van der Waals surface area contributed by atoms with Crippen LogP contribution in [0.4, 0.5) is 0 Å². The number of hydrogen-bond acceptors (Lipinski definition) is 5. The molecule has 4 unspecified atom stereocenters. The van der Waals surface area contributed by atoms with Gasteiger partial charge >= 0.3 is 5.97 Å². The van der Waals surface area contributed by atoms with E-state index >= 15 is 0 Å². The first-order valence-corrected chi connectivity index (χ1v) is 7.84. The second-order valence-electron chi connectivity index (χ2n) is 6.21. The van der Waals surface area contributed by atoms with Crippen molar-refractivity contribution in [3.8, 4) is 0 Å². The summed E-state index contributed by atoms with van der Waals surface area (Å²) in [6.45, 7) is 4.45. The number of nitrogens with one attached hydrogen (secondary N) is 1. The molecule has 0 spiro atoms. The molecule has 0 aromatic rings. The Morgan fingerprint density at radius 1 is 1.33 bits per heavy atom. The third-order valence-corrected chi connectivity index (χ3v) is 4.98. The number of carbonyl (C=O) groups is 1. The van der Waals surface area contributed by atoms with Crippen molar-refractivity contribution in [3.63, 3.8) is 0 Å². The Kier molecular flexibility index (Phi) is 5.60. The van der Waals surface area contributed by atoms with Crippen LogP contribution in [0.3, 0.4) is 0 Å². The second-order valence-corrected chi connectivity index (χ2v) is 6.21. The molecule has 21 heavy (non-hydrogen) atoms. The van der Waals surface area contributed by atoms with Gasteiger partial charge in [-0.25, -0.2) is 0 Å². The first kappa shape index (κ1) is 16.7. The van der Waals surface area contributed by atoms with Gasteiger partial charge in [-0.15, -0.1) is 0 Å². The van der Waals surface area contributed by atoms with Crippen LogP contribution in [0.25, 0.3) is 0 Å². The van der Waals surface area contributed by atoms with Crippen LogP contribution < -0.4 is 5.32 Å². The summed E-state index contributed by atoms with van der Waals surface area (Å²) in [6.07, 6.45) is 3.38. The number of nitrogens with zero attached hydrogens (tertiary/aromatic N) is 1. The minimum Gasteiger partial charge on any atom is -0.480 e. The summed E-state index contributed by atoms with van der Waals surface area (Å²) in [5.74, 6) is -0.718. The van der Waals surface area contributed by atoms with Crippen LogP contribution in [-0.4, -0.2) is 73.6 Å². The van der Waals surface area contributed by atoms with Gasteiger partial charge in [0, 0.05) is 33.4 Å². The highest BCUT2D eigenvalue weighted by molar-refractivity contribution is 5.79. The Balaban J connectivity index is 1.99. The van der Waals surface area contributed by atoms with E-state index < -0.39 is 11.5 Å². The van der Waals surface area contributed by atoms with E-state index in [0.717, 1.165) is 32.5 Å². The molecule has 2 rings (SSSR count). The summed E-state index contributed by atoms with van der Waals surface area (Å²) in [4.78, 5) is 14.0. The SMILES string of the molecule is CCCNC1(C(=O)O)CCC(N2CC(OC)C(OC)C2)C1. The second kappa shape index (κ2) is 7.05. The summed E-state index contributed by atoms with van der Waals surface area (Å²) >= 11 is 0. The zero-order valence-electron chi connectivity index (χ0n) is 13.3. The number of rotatable bonds is 7. The summed E-state index contributed by atoms with van der Waals surface area (Å²) < 4.78 is 10.9. The summed E-state index contributed by atoms with van der Waals surface area (Å²) in [7, 11) is 3.42. The Morgan fingerprint density at radius 3 is 2.43 bits per heavy atom. The lowest BCUT2D eigenvalue weighted by Gasteiger charge is -2.28. The average molecular weight is 300 g/mol. The van der Waals surface area contributed by atoms with Gasteiger partial charge in [-0.2, -0.15) is 0 Å². The fourth-order valence-electron chi connectivity index (χ4n) is 3.65. The zero-order chi connectivity index (χ0) is 15.5. The van der Waals surface area contributed by atoms with Gasteiger partial charge in [0.15, 0.2) is 0 Å². The van der Waals surface area contributed by atoms with Crippen molar-refractivity contribution in [1.82, 2.24) is 10.2 Å². The molecule has 0 bridgehead atoms. The number of likely N-dealkylation sites (tertiary alicyclic amines) is 1. The van der Waals surface area contributed by atoms with E-state index in [4.69, 9.17) is 9.47 Å². The molecular weight excluding hydrogens is 272 g/mol. The van der Waals surface area contributed by atoms with Crippen LogP contribution >= 0.6 is 0 Å². The van der Waals surface area contributed by atoms with Crippen molar-refractivity contribution >= 4 is 5.97 Å². The standard InChI is InChI=1S/C15H28N2O4/c1-4-7-16-15(14(18)19)6-5-11(8-15)17-9-12(20-2)13(10-17)21-3/h11-13,16H,4-10H2,1-3H3,(H,18,19). The van der Waals surface area contributed by atoms with Gasteiger partial charge in [-0.3, -0.25) is 9.69 Å². The fraction of sp³-hybridized carbons (Fsp3) is 0.933. The average Bonchev–Trinajstić information content (AvgIpc) is 3.09. The third kappa shape index (κ3) is 3.39. The zero-order valence-corrected chi connectivity index (χ0v) is 13.3. The van der Waals surface area contributed by atoms with Crippen LogP contribution in [0.5, 0.6) is 0 Å². The van der Waals surface area contributed by atoms with E-state index in [1.165, 1.54) is 0 Å². The number of methoxy groups -OCH3 is 2. The smallest absolute Gasteiger partial charge is 0.323 e. The summed E-state index contributed by atoms with van der Waals surface area (Å²) in [5.41, 5.74) is -0.756. The van der Waals surface area contributed by atoms with E-state index in [2.05, 4.69) is 17.1 Å². The van der Waals surface area contributed by atoms with E-state index in [-0.39, 0.29) is 12.2 Å². The number of ether oxygens (including phenoxy) is 2.